The van der Waals surface area contributed by atoms with Crippen LogP contribution in [-0.2, 0) is 17.2 Å². The molecule has 0 aliphatic heterocycles. The fourth-order valence-corrected chi connectivity index (χ4v) is 2.75. The molecule has 1 heterocycles. The minimum absolute atomic E-state index is 0.104. The number of methoxy groups -OCH3 is 1. The first-order valence-corrected chi connectivity index (χ1v) is 9.22. The Morgan fingerprint density at radius 3 is 2.67 bits per heavy atom. The van der Waals surface area contributed by atoms with Crippen LogP contribution in [-0.4, -0.2) is 48.6 Å². The molecule has 7 heteroatoms. The summed E-state index contributed by atoms with van der Waals surface area (Å²) in [6, 6.07) is 6.47. The Balaban J connectivity index is 2.31. The lowest BCUT2D eigenvalue weighted by atomic mass is 10.1. The molecule has 0 aliphatic carbocycles. The summed E-state index contributed by atoms with van der Waals surface area (Å²) in [5.41, 5.74) is 1.39. The molecule has 0 fully saturated rings. The number of rotatable bonds is 11. The molecule has 0 bridgehead atoms. The second-order valence-electron chi connectivity index (χ2n) is 6.77. The van der Waals surface area contributed by atoms with Gasteiger partial charge in [-0.2, -0.15) is 5.10 Å². The average molecular weight is 381 g/mol. The molecule has 0 amide bonds. The molecular formula is C20H29F2N3O2. The van der Waals surface area contributed by atoms with Crippen molar-refractivity contribution in [2.45, 2.75) is 39.2 Å². The maximum atomic E-state index is 14.0. The number of hydrogen-bond acceptors (Lipinski definition) is 4. The normalized spacial score (nSPS) is 12.0. The minimum atomic E-state index is -2.97. The Morgan fingerprint density at radius 2 is 2.00 bits per heavy atom. The van der Waals surface area contributed by atoms with Gasteiger partial charge in [-0.25, -0.2) is 13.5 Å². The first-order valence-electron chi connectivity index (χ1n) is 9.22. The van der Waals surface area contributed by atoms with Crippen LogP contribution in [0.5, 0.6) is 5.75 Å². The van der Waals surface area contributed by atoms with Gasteiger partial charge in [-0.1, -0.05) is 13.3 Å². The summed E-state index contributed by atoms with van der Waals surface area (Å²) >= 11 is 0. The van der Waals surface area contributed by atoms with E-state index in [1.807, 2.05) is 13.1 Å². The fourth-order valence-electron chi connectivity index (χ4n) is 2.75. The molecule has 1 aromatic carbocycles. The zero-order chi connectivity index (χ0) is 19.9. The zero-order valence-electron chi connectivity index (χ0n) is 16.5. The van der Waals surface area contributed by atoms with Gasteiger partial charge < -0.3 is 14.4 Å². The lowest BCUT2D eigenvalue weighted by molar-refractivity contribution is 0.0171. The van der Waals surface area contributed by atoms with E-state index in [0.717, 1.165) is 32.0 Å². The number of unbranched alkanes of at least 4 members (excludes halogenated alkanes) is 1. The monoisotopic (exact) mass is 381 g/mol. The lowest BCUT2D eigenvalue weighted by Gasteiger charge is -2.19. The van der Waals surface area contributed by atoms with Gasteiger partial charge in [-0.3, -0.25) is 0 Å². The highest BCUT2D eigenvalue weighted by Gasteiger charge is 2.26. The molecule has 150 valence electrons. The van der Waals surface area contributed by atoms with Gasteiger partial charge >= 0.3 is 0 Å². The van der Waals surface area contributed by atoms with Crippen molar-refractivity contribution in [1.82, 2.24) is 14.7 Å². The van der Waals surface area contributed by atoms with E-state index in [4.69, 9.17) is 9.47 Å². The first-order chi connectivity index (χ1) is 12.8. The zero-order valence-corrected chi connectivity index (χ0v) is 16.5. The van der Waals surface area contributed by atoms with Gasteiger partial charge in [0.05, 0.1) is 18.0 Å². The summed E-state index contributed by atoms with van der Waals surface area (Å²) in [6.07, 6.45) is 3.92. The Labute approximate surface area is 159 Å². The van der Waals surface area contributed by atoms with E-state index in [9.17, 15) is 8.78 Å². The van der Waals surface area contributed by atoms with E-state index in [1.165, 1.54) is 12.1 Å². The minimum Gasteiger partial charge on any atom is -0.491 e. The summed E-state index contributed by atoms with van der Waals surface area (Å²) in [4.78, 5) is 2.20. The number of benzene rings is 1. The largest absolute Gasteiger partial charge is 0.491 e. The van der Waals surface area contributed by atoms with Crippen molar-refractivity contribution in [2.24, 2.45) is 0 Å². The highest BCUT2D eigenvalue weighted by molar-refractivity contribution is 5.45. The molecule has 27 heavy (non-hydrogen) atoms. The number of halogens is 2. The Bertz CT molecular complexity index is 713. The van der Waals surface area contributed by atoms with E-state index >= 15 is 0 Å². The van der Waals surface area contributed by atoms with Gasteiger partial charge in [0.2, 0.25) is 0 Å². The van der Waals surface area contributed by atoms with Gasteiger partial charge in [-0.15, -0.1) is 0 Å². The molecule has 2 aromatic rings. The van der Waals surface area contributed by atoms with Gasteiger partial charge in [0.25, 0.3) is 5.92 Å². The van der Waals surface area contributed by atoms with Crippen molar-refractivity contribution >= 4 is 0 Å². The van der Waals surface area contributed by atoms with Crippen LogP contribution in [0.2, 0.25) is 0 Å². The summed E-state index contributed by atoms with van der Waals surface area (Å²) in [6.45, 7) is 5.37. The van der Waals surface area contributed by atoms with Crippen LogP contribution in [0.1, 0.15) is 37.9 Å². The van der Waals surface area contributed by atoms with Crippen molar-refractivity contribution < 1.29 is 18.3 Å². The molecule has 1 aromatic heterocycles. The van der Waals surface area contributed by atoms with E-state index in [-0.39, 0.29) is 5.56 Å². The van der Waals surface area contributed by atoms with Crippen molar-refractivity contribution in [3.63, 3.8) is 0 Å². The van der Waals surface area contributed by atoms with Gasteiger partial charge in [-0.05, 0) is 38.2 Å². The molecule has 0 unspecified atom stereocenters. The standard InChI is InChI=1S/C20H29F2N3O2/c1-5-6-9-24(3)15-17-7-8-23-25(17)18-12-16(20(2,21)22)13-19(14-18)27-11-10-26-4/h7-8,12-14H,5-6,9-11,15H2,1-4H3. The highest BCUT2D eigenvalue weighted by Crippen LogP contribution is 2.32. The van der Waals surface area contributed by atoms with Crippen molar-refractivity contribution in [3.8, 4) is 11.4 Å². The quantitative estimate of drug-likeness (QED) is 0.546. The Morgan fingerprint density at radius 1 is 1.22 bits per heavy atom. The molecule has 0 aliphatic rings. The van der Waals surface area contributed by atoms with Crippen LogP contribution in [0, 0.1) is 0 Å². The molecule has 0 saturated heterocycles. The number of nitrogens with zero attached hydrogens (tertiary/aromatic N) is 3. The van der Waals surface area contributed by atoms with E-state index < -0.39 is 5.92 Å². The third-order valence-electron chi connectivity index (χ3n) is 4.25. The number of ether oxygens (including phenoxy) is 2. The molecular weight excluding hydrogens is 352 g/mol. The van der Waals surface area contributed by atoms with Crippen LogP contribution in [0.3, 0.4) is 0 Å². The average Bonchev–Trinajstić information content (AvgIpc) is 3.07. The second kappa shape index (κ2) is 9.80. The summed E-state index contributed by atoms with van der Waals surface area (Å²) in [5.74, 6) is -2.59. The van der Waals surface area contributed by atoms with Gasteiger partial charge in [0.15, 0.2) is 0 Å². The molecule has 2 rings (SSSR count). The van der Waals surface area contributed by atoms with Crippen LogP contribution < -0.4 is 4.74 Å². The molecule has 5 nitrogen and oxygen atoms in total. The van der Waals surface area contributed by atoms with E-state index in [2.05, 4.69) is 16.9 Å². The molecule has 0 spiro atoms. The molecule has 0 saturated carbocycles. The van der Waals surface area contributed by atoms with Crippen LogP contribution in [0.4, 0.5) is 8.78 Å². The third kappa shape index (κ3) is 6.29. The van der Waals surface area contributed by atoms with Crippen molar-refractivity contribution in [1.29, 1.82) is 0 Å². The summed E-state index contributed by atoms with van der Waals surface area (Å²) in [7, 11) is 3.61. The molecule has 0 atom stereocenters. The summed E-state index contributed by atoms with van der Waals surface area (Å²) in [5, 5.41) is 4.35. The highest BCUT2D eigenvalue weighted by atomic mass is 19.3. The van der Waals surface area contributed by atoms with Crippen LogP contribution >= 0.6 is 0 Å². The summed E-state index contributed by atoms with van der Waals surface area (Å²) < 4.78 is 40.2. The number of aromatic nitrogens is 2. The second-order valence-corrected chi connectivity index (χ2v) is 6.77. The van der Waals surface area contributed by atoms with Crippen LogP contribution in [0.15, 0.2) is 30.5 Å². The van der Waals surface area contributed by atoms with Crippen molar-refractivity contribution in [2.75, 3.05) is 33.9 Å². The SMILES string of the molecule is CCCCN(C)Cc1ccnn1-c1cc(OCCOC)cc(C(C)(F)F)c1. The molecule has 0 N–H and O–H groups in total. The predicted octanol–water partition coefficient (Wildman–Crippen LogP) is 4.24. The predicted molar refractivity (Wildman–Crippen MR) is 102 cm³/mol. The maximum Gasteiger partial charge on any atom is 0.270 e. The number of alkyl halides is 2. The first kappa shape index (κ1) is 21.3. The van der Waals surface area contributed by atoms with Gasteiger partial charge in [0.1, 0.15) is 12.4 Å². The number of hydrogen-bond donors (Lipinski definition) is 0. The topological polar surface area (TPSA) is 39.5 Å². The molecule has 0 radical (unpaired) electrons. The fraction of sp³-hybridized carbons (Fsp3) is 0.550. The smallest absolute Gasteiger partial charge is 0.270 e. The van der Waals surface area contributed by atoms with Gasteiger partial charge in [0, 0.05) is 38.4 Å². The lowest BCUT2D eigenvalue weighted by Crippen LogP contribution is -2.21. The van der Waals surface area contributed by atoms with Crippen LogP contribution in [0.25, 0.3) is 5.69 Å². The Hall–Kier alpha value is -1.99. The maximum absolute atomic E-state index is 14.0. The third-order valence-corrected chi connectivity index (χ3v) is 4.25. The van der Waals surface area contributed by atoms with Crippen molar-refractivity contribution in [3.05, 3.63) is 41.7 Å². The van der Waals surface area contributed by atoms with E-state index in [0.29, 0.717) is 31.2 Å². The van der Waals surface area contributed by atoms with E-state index in [1.54, 1.807) is 24.1 Å². The Kier molecular flexibility index (Phi) is 7.74.